The van der Waals surface area contributed by atoms with E-state index >= 15 is 0 Å². The summed E-state index contributed by atoms with van der Waals surface area (Å²) in [5.41, 5.74) is 0. The van der Waals surface area contributed by atoms with E-state index in [0.29, 0.717) is 15.9 Å². The van der Waals surface area contributed by atoms with Gasteiger partial charge in [-0.1, -0.05) is 36.5 Å². The van der Waals surface area contributed by atoms with E-state index in [4.69, 9.17) is 0 Å². The minimum atomic E-state index is -3.63. The molecule has 0 spiro atoms. The van der Waals surface area contributed by atoms with Crippen molar-refractivity contribution < 1.29 is 29.8 Å². The molecule has 3 radical (unpaired) electrons. The van der Waals surface area contributed by atoms with Gasteiger partial charge < -0.3 is 4.57 Å². The number of hydrogen-bond donors (Lipinski definition) is 0. The van der Waals surface area contributed by atoms with Crippen LogP contribution in [-0.2, 0) is 35.4 Å². The van der Waals surface area contributed by atoms with E-state index < -0.39 is 38.0 Å². The standard InChI is InChI=1S/C18H15O7PS3.3Na/c19-26(13-4-1-7-16(10-13)27(20)21,14-5-2-8-17(11-14)28(22)23)15-6-3-9-18(12-15)29(24)25;;;/h1-9H,10-12H2;;;. The fourth-order valence-electron chi connectivity index (χ4n) is 3.23. The second-order valence-corrected chi connectivity index (χ2v) is 12.2. The molecule has 0 atom stereocenters. The molecule has 0 aromatic rings. The average molecular weight is 539 g/mol. The monoisotopic (exact) mass is 539 g/mol. The quantitative estimate of drug-likeness (QED) is 0.297. The molecule has 0 saturated carbocycles. The molecule has 0 bridgehead atoms. The molecule has 14 heteroatoms. The summed E-state index contributed by atoms with van der Waals surface area (Å²) in [4.78, 5) is 0.152. The Balaban J connectivity index is 0.00000320. The number of allylic oxidation sites excluding steroid dienone is 12. The molecule has 0 N–H and O–H groups in total. The van der Waals surface area contributed by atoms with Crippen LogP contribution in [0.15, 0.2) is 70.6 Å². The van der Waals surface area contributed by atoms with Crippen molar-refractivity contribution in [2.75, 3.05) is 0 Å². The molecule has 3 rings (SSSR count). The van der Waals surface area contributed by atoms with Gasteiger partial charge in [0.2, 0.25) is 30.9 Å². The van der Waals surface area contributed by atoms with Crippen LogP contribution in [-0.4, -0.2) is 129 Å². The molecule has 155 valence electrons. The van der Waals surface area contributed by atoms with E-state index in [0.717, 1.165) is 0 Å². The van der Waals surface area contributed by atoms with Gasteiger partial charge in [0.15, 0.2) is 7.14 Å². The zero-order chi connectivity index (χ0) is 21.2. The maximum atomic E-state index is 14.4. The summed E-state index contributed by atoms with van der Waals surface area (Å²) in [6.07, 6.45) is 13.0. The largest absolute Gasteiger partial charge is 0.310 e. The van der Waals surface area contributed by atoms with Crippen LogP contribution in [0.3, 0.4) is 0 Å². The maximum absolute atomic E-state index is 14.4. The second-order valence-electron chi connectivity index (χ2n) is 6.29. The number of rotatable bonds is 3. The molecule has 32 heavy (non-hydrogen) atoms. The minimum Gasteiger partial charge on any atom is -0.310 e. The molecule has 0 amide bonds. The van der Waals surface area contributed by atoms with Crippen molar-refractivity contribution in [3.05, 3.63) is 70.6 Å². The van der Waals surface area contributed by atoms with Gasteiger partial charge in [0, 0.05) is 124 Å². The van der Waals surface area contributed by atoms with Crippen LogP contribution >= 0.6 is 7.14 Å². The van der Waals surface area contributed by atoms with E-state index in [-0.39, 0.29) is 123 Å². The fourth-order valence-corrected chi connectivity index (χ4v) is 8.12. The third kappa shape index (κ3) is 7.37. The van der Waals surface area contributed by atoms with Crippen LogP contribution in [0.1, 0.15) is 19.3 Å². The van der Waals surface area contributed by atoms with E-state index in [1.807, 2.05) is 0 Å². The van der Waals surface area contributed by atoms with Crippen LogP contribution in [0, 0.1) is 0 Å². The van der Waals surface area contributed by atoms with Gasteiger partial charge >= 0.3 is 0 Å². The SMILES string of the molecule is O=S(=O)=C1C=CC=C(P(=O)(C2=CC=CC(=S(=O)=O)C2)C2=CC=CC(=S(=O)=O)C2)C1.[Na].[Na].[Na]. The van der Waals surface area contributed by atoms with Gasteiger partial charge in [0.25, 0.3) is 0 Å². The Morgan fingerprint density at radius 3 is 1.00 bits per heavy atom. The first-order chi connectivity index (χ1) is 13.7. The predicted molar refractivity (Wildman–Crippen MR) is 132 cm³/mol. The van der Waals surface area contributed by atoms with Gasteiger partial charge in [0.1, 0.15) is 0 Å². The summed E-state index contributed by atoms with van der Waals surface area (Å²) in [6.45, 7) is 0. The Bertz CT molecular complexity index is 1250. The van der Waals surface area contributed by atoms with Gasteiger partial charge in [0.05, 0.1) is 14.6 Å². The van der Waals surface area contributed by atoms with E-state index in [2.05, 4.69) is 0 Å². The first-order valence-corrected chi connectivity index (χ1v) is 13.3. The minimum absolute atomic E-state index is 0. The zero-order valence-electron chi connectivity index (χ0n) is 17.8. The van der Waals surface area contributed by atoms with E-state index in [9.17, 15) is 29.8 Å². The van der Waals surface area contributed by atoms with Crippen LogP contribution in [0.4, 0.5) is 0 Å². The van der Waals surface area contributed by atoms with Crippen molar-refractivity contribution in [1.82, 2.24) is 0 Å². The normalized spacial score (nSPS) is 17.1. The van der Waals surface area contributed by atoms with E-state index in [1.165, 1.54) is 36.5 Å². The van der Waals surface area contributed by atoms with Crippen molar-refractivity contribution in [1.29, 1.82) is 0 Å². The molecule has 0 fully saturated rings. The van der Waals surface area contributed by atoms with Gasteiger partial charge in [-0.05, 0) is 18.2 Å². The Hall–Kier alpha value is 0.740. The molecule has 3 aliphatic carbocycles. The molecule has 0 aromatic carbocycles. The fraction of sp³-hybridized carbons (Fsp3) is 0.167. The van der Waals surface area contributed by atoms with Crippen LogP contribution < -0.4 is 0 Å². The maximum Gasteiger partial charge on any atom is 0.217 e. The number of hydrogen-bond acceptors (Lipinski definition) is 7. The van der Waals surface area contributed by atoms with Crippen molar-refractivity contribution >= 4 is 141 Å². The molecule has 3 aliphatic rings. The molecular weight excluding hydrogens is 524 g/mol. The summed E-state index contributed by atoms with van der Waals surface area (Å²) >= 11 is 0. The first kappa shape index (κ1) is 32.7. The van der Waals surface area contributed by atoms with E-state index in [1.54, 1.807) is 18.2 Å². The topological polar surface area (TPSA) is 119 Å². The van der Waals surface area contributed by atoms with Crippen molar-refractivity contribution in [2.45, 2.75) is 19.3 Å². The second kappa shape index (κ2) is 14.3. The summed E-state index contributed by atoms with van der Waals surface area (Å²) in [6, 6.07) is 0. The summed E-state index contributed by atoms with van der Waals surface area (Å²) in [5, 5.41) is 0.943. The van der Waals surface area contributed by atoms with Gasteiger partial charge in [-0.15, -0.1) is 0 Å². The zero-order valence-corrected chi connectivity index (χ0v) is 27.2. The van der Waals surface area contributed by atoms with Crippen molar-refractivity contribution in [3.8, 4) is 0 Å². The van der Waals surface area contributed by atoms with Crippen molar-refractivity contribution in [3.63, 3.8) is 0 Å². The Morgan fingerprint density at radius 1 is 0.531 bits per heavy atom. The first-order valence-electron chi connectivity index (χ1n) is 8.32. The van der Waals surface area contributed by atoms with Gasteiger partial charge in [-0.3, -0.25) is 0 Å². The summed E-state index contributed by atoms with van der Waals surface area (Å²) < 4.78 is 83.0. The molecule has 7 nitrogen and oxygen atoms in total. The van der Waals surface area contributed by atoms with Crippen LogP contribution in [0.5, 0.6) is 0 Å². The van der Waals surface area contributed by atoms with Crippen molar-refractivity contribution in [2.24, 2.45) is 0 Å². The smallest absolute Gasteiger partial charge is 0.217 e. The molecule has 0 aromatic heterocycles. The molecule has 0 aliphatic heterocycles. The van der Waals surface area contributed by atoms with Crippen LogP contribution in [0.25, 0.3) is 0 Å². The molecular formula is C18H15Na3O7PS3. The molecule has 0 heterocycles. The third-order valence-corrected chi connectivity index (χ3v) is 10.1. The molecule has 0 unspecified atom stereocenters. The summed E-state index contributed by atoms with van der Waals surface area (Å²) in [5.74, 6) is 0. The Morgan fingerprint density at radius 2 is 0.781 bits per heavy atom. The summed E-state index contributed by atoms with van der Waals surface area (Å²) in [7, 11) is -11.1. The van der Waals surface area contributed by atoms with Gasteiger partial charge in [-0.25, -0.2) is 0 Å². The predicted octanol–water partition coefficient (Wildman–Crippen LogP) is 0.893. The Kier molecular flexibility index (Phi) is 14.7. The average Bonchev–Trinajstić information content (AvgIpc) is 2.73. The Labute approximate surface area is 257 Å². The van der Waals surface area contributed by atoms with Crippen LogP contribution in [0.2, 0.25) is 0 Å². The molecule has 0 saturated heterocycles. The third-order valence-electron chi connectivity index (χ3n) is 4.63. The van der Waals surface area contributed by atoms with Gasteiger partial charge in [-0.2, -0.15) is 25.3 Å².